The van der Waals surface area contributed by atoms with Gasteiger partial charge in [0.25, 0.3) is 5.91 Å². The molecule has 1 aliphatic rings. The first-order chi connectivity index (χ1) is 8.90. The van der Waals surface area contributed by atoms with Gasteiger partial charge in [-0.2, -0.15) is 0 Å². The molecule has 1 saturated heterocycles. The van der Waals surface area contributed by atoms with E-state index in [1.807, 2.05) is 13.8 Å². The van der Waals surface area contributed by atoms with Crippen LogP contribution in [0, 0.1) is 6.92 Å². The zero-order valence-electron chi connectivity index (χ0n) is 12.0. The van der Waals surface area contributed by atoms with Gasteiger partial charge in [-0.3, -0.25) is 9.69 Å². The van der Waals surface area contributed by atoms with Gasteiger partial charge >= 0.3 is 0 Å². The van der Waals surface area contributed by atoms with E-state index in [-0.39, 0.29) is 5.91 Å². The number of likely N-dealkylation sites (N-methyl/N-ethyl adjacent to an activating group) is 1. The fourth-order valence-corrected chi connectivity index (χ4v) is 3.00. The second kappa shape index (κ2) is 5.56. The van der Waals surface area contributed by atoms with Crippen LogP contribution in [0.1, 0.15) is 17.6 Å². The molecule has 1 fully saturated rings. The van der Waals surface area contributed by atoms with E-state index in [0.717, 1.165) is 23.8 Å². The number of nitrogens with zero attached hydrogens (tertiary/aromatic N) is 3. The number of carbonyl (C=O) groups excluding carboxylic acids is 1. The van der Waals surface area contributed by atoms with Gasteiger partial charge in [0.1, 0.15) is 0 Å². The van der Waals surface area contributed by atoms with Crippen molar-refractivity contribution in [1.29, 1.82) is 0 Å². The Morgan fingerprint density at radius 1 is 1.63 bits per heavy atom. The number of carbonyl (C=O) groups is 1. The number of thiazole rings is 1. The minimum atomic E-state index is -0.743. The van der Waals surface area contributed by atoms with E-state index in [1.54, 1.807) is 30.3 Å². The first kappa shape index (κ1) is 14.4. The number of ether oxygens (including phenoxy) is 1. The molecule has 1 atom stereocenters. The van der Waals surface area contributed by atoms with Crippen molar-refractivity contribution in [3.63, 3.8) is 0 Å². The Labute approximate surface area is 118 Å². The number of aryl methyl sites for hydroxylation is 1. The lowest BCUT2D eigenvalue weighted by Crippen LogP contribution is -2.57. The van der Waals surface area contributed by atoms with Gasteiger partial charge in [0.05, 0.1) is 17.3 Å². The van der Waals surface area contributed by atoms with Crippen LogP contribution in [-0.2, 0) is 16.1 Å². The summed E-state index contributed by atoms with van der Waals surface area (Å²) in [6, 6.07) is 0. The Kier molecular flexibility index (Phi) is 4.23. The summed E-state index contributed by atoms with van der Waals surface area (Å²) in [7, 11) is 3.53. The van der Waals surface area contributed by atoms with Crippen molar-refractivity contribution in [2.75, 3.05) is 33.8 Å². The fourth-order valence-electron chi connectivity index (χ4n) is 2.40. The molecule has 2 rings (SSSR count). The van der Waals surface area contributed by atoms with E-state index >= 15 is 0 Å². The summed E-state index contributed by atoms with van der Waals surface area (Å²) in [6.07, 6.45) is 0. The molecule has 5 nitrogen and oxygen atoms in total. The highest BCUT2D eigenvalue weighted by atomic mass is 32.1. The minimum Gasteiger partial charge on any atom is -0.363 e. The molecule has 0 bridgehead atoms. The first-order valence-corrected chi connectivity index (χ1v) is 7.28. The van der Waals surface area contributed by atoms with E-state index in [9.17, 15) is 4.79 Å². The summed E-state index contributed by atoms with van der Waals surface area (Å²) >= 11 is 1.66. The third-order valence-electron chi connectivity index (χ3n) is 3.26. The smallest absolute Gasteiger partial charge is 0.255 e. The lowest BCUT2D eigenvalue weighted by molar-refractivity contribution is -0.165. The van der Waals surface area contributed by atoms with Crippen LogP contribution in [0.25, 0.3) is 0 Å². The zero-order valence-corrected chi connectivity index (χ0v) is 12.8. The molecule has 19 heavy (non-hydrogen) atoms. The predicted molar refractivity (Wildman–Crippen MR) is 75.2 cm³/mol. The number of hydrogen-bond donors (Lipinski definition) is 0. The Hall–Kier alpha value is -0.980. The van der Waals surface area contributed by atoms with Crippen LogP contribution in [0.4, 0.5) is 0 Å². The van der Waals surface area contributed by atoms with Crippen molar-refractivity contribution < 1.29 is 9.53 Å². The second-order valence-electron chi connectivity index (χ2n) is 5.35. The largest absolute Gasteiger partial charge is 0.363 e. The van der Waals surface area contributed by atoms with Crippen LogP contribution in [0.3, 0.4) is 0 Å². The van der Waals surface area contributed by atoms with Crippen LogP contribution in [0.15, 0.2) is 5.38 Å². The van der Waals surface area contributed by atoms with Crippen molar-refractivity contribution >= 4 is 17.2 Å². The lowest BCUT2D eigenvalue weighted by Gasteiger charge is -2.40. The standard InChI is InChI=1S/C13H21N3O2S/c1-10-14-11(8-19-10)7-16-5-6-18-13(2,9-16)12(17)15(3)4/h8H,5-7,9H2,1-4H3. The molecule has 2 heterocycles. The Bertz CT molecular complexity index is 460. The molecule has 1 unspecified atom stereocenters. The molecule has 1 amide bonds. The number of hydrogen-bond acceptors (Lipinski definition) is 5. The van der Waals surface area contributed by atoms with Crippen LogP contribution >= 0.6 is 11.3 Å². The third-order valence-corrected chi connectivity index (χ3v) is 4.09. The summed E-state index contributed by atoms with van der Waals surface area (Å²) < 4.78 is 5.71. The third kappa shape index (κ3) is 3.32. The van der Waals surface area contributed by atoms with Gasteiger partial charge in [-0.1, -0.05) is 0 Å². The molecular weight excluding hydrogens is 262 g/mol. The van der Waals surface area contributed by atoms with E-state index in [1.165, 1.54) is 0 Å². The highest BCUT2D eigenvalue weighted by Crippen LogP contribution is 2.21. The Morgan fingerprint density at radius 2 is 2.37 bits per heavy atom. The highest BCUT2D eigenvalue weighted by molar-refractivity contribution is 7.09. The monoisotopic (exact) mass is 283 g/mol. The summed E-state index contributed by atoms with van der Waals surface area (Å²) in [5.41, 5.74) is 0.330. The average molecular weight is 283 g/mol. The molecule has 0 N–H and O–H groups in total. The molecule has 0 saturated carbocycles. The molecule has 0 spiro atoms. The normalized spacial score (nSPS) is 24.4. The molecule has 1 aliphatic heterocycles. The van der Waals surface area contributed by atoms with Gasteiger partial charge in [0.15, 0.2) is 5.60 Å². The maximum atomic E-state index is 12.2. The number of amides is 1. The minimum absolute atomic E-state index is 0.0201. The van der Waals surface area contributed by atoms with Gasteiger partial charge in [-0.25, -0.2) is 4.98 Å². The predicted octanol–water partition coefficient (Wildman–Crippen LogP) is 1.13. The van der Waals surface area contributed by atoms with Crippen molar-refractivity contribution in [2.45, 2.75) is 26.0 Å². The molecular formula is C13H21N3O2S. The van der Waals surface area contributed by atoms with E-state index in [0.29, 0.717) is 13.2 Å². The van der Waals surface area contributed by atoms with Crippen molar-refractivity contribution in [3.05, 3.63) is 16.1 Å². The summed E-state index contributed by atoms with van der Waals surface area (Å²) in [6.45, 7) is 6.69. The summed E-state index contributed by atoms with van der Waals surface area (Å²) in [4.78, 5) is 20.5. The van der Waals surface area contributed by atoms with Crippen LogP contribution in [0.2, 0.25) is 0 Å². The topological polar surface area (TPSA) is 45.7 Å². The maximum absolute atomic E-state index is 12.2. The van der Waals surface area contributed by atoms with Crippen molar-refractivity contribution in [1.82, 2.24) is 14.8 Å². The molecule has 0 radical (unpaired) electrons. The van der Waals surface area contributed by atoms with Crippen molar-refractivity contribution in [2.24, 2.45) is 0 Å². The van der Waals surface area contributed by atoms with Crippen LogP contribution in [-0.4, -0.2) is 60.1 Å². The first-order valence-electron chi connectivity index (χ1n) is 6.40. The van der Waals surface area contributed by atoms with Gasteiger partial charge < -0.3 is 9.64 Å². The quantitative estimate of drug-likeness (QED) is 0.834. The Balaban J connectivity index is 2.02. The van der Waals surface area contributed by atoms with Crippen molar-refractivity contribution in [3.8, 4) is 0 Å². The summed E-state index contributed by atoms with van der Waals surface area (Å²) in [5, 5.41) is 3.16. The Morgan fingerprint density at radius 3 is 2.95 bits per heavy atom. The molecule has 1 aromatic heterocycles. The molecule has 0 aromatic carbocycles. The van der Waals surface area contributed by atoms with Crippen LogP contribution < -0.4 is 0 Å². The fraction of sp³-hybridized carbons (Fsp3) is 0.692. The van der Waals surface area contributed by atoms with E-state index in [2.05, 4.69) is 15.3 Å². The van der Waals surface area contributed by atoms with Crippen LogP contribution in [0.5, 0.6) is 0 Å². The second-order valence-corrected chi connectivity index (χ2v) is 6.41. The van der Waals surface area contributed by atoms with E-state index < -0.39 is 5.60 Å². The summed E-state index contributed by atoms with van der Waals surface area (Å²) in [5.74, 6) is 0.0201. The molecule has 6 heteroatoms. The zero-order chi connectivity index (χ0) is 14.0. The van der Waals surface area contributed by atoms with Gasteiger partial charge in [0, 0.05) is 39.1 Å². The number of rotatable bonds is 3. The average Bonchev–Trinajstić information content (AvgIpc) is 2.73. The molecule has 106 valence electrons. The van der Waals surface area contributed by atoms with Gasteiger partial charge in [0.2, 0.25) is 0 Å². The molecule has 1 aromatic rings. The van der Waals surface area contributed by atoms with Gasteiger partial charge in [-0.05, 0) is 13.8 Å². The molecule has 0 aliphatic carbocycles. The highest BCUT2D eigenvalue weighted by Gasteiger charge is 2.40. The lowest BCUT2D eigenvalue weighted by atomic mass is 10.0. The number of aromatic nitrogens is 1. The van der Waals surface area contributed by atoms with E-state index in [4.69, 9.17) is 4.74 Å². The number of morpholine rings is 1. The van der Waals surface area contributed by atoms with Gasteiger partial charge in [-0.15, -0.1) is 11.3 Å². The SMILES string of the molecule is Cc1nc(CN2CCOC(C)(C(=O)N(C)C)C2)cs1. The maximum Gasteiger partial charge on any atom is 0.255 e.